The van der Waals surface area contributed by atoms with Crippen molar-refractivity contribution in [2.45, 2.75) is 6.54 Å². The number of anilines is 1. The third-order valence-corrected chi connectivity index (χ3v) is 2.80. The number of benzene rings is 1. The van der Waals surface area contributed by atoms with Crippen molar-refractivity contribution in [2.24, 2.45) is 5.73 Å². The molecule has 0 spiro atoms. The topological polar surface area (TPSA) is 32.5 Å². The lowest BCUT2D eigenvalue weighted by Gasteiger charge is -2.24. The van der Waals surface area contributed by atoms with Gasteiger partial charge in [0.15, 0.2) is 0 Å². The summed E-state index contributed by atoms with van der Waals surface area (Å²) in [6.45, 7) is 2.51. The third kappa shape index (κ3) is 3.67. The minimum atomic E-state index is 0.540. The summed E-state index contributed by atoms with van der Waals surface area (Å²) in [5.41, 5.74) is 7.97. The molecule has 0 amide bonds. The molecule has 0 aliphatic carbocycles. The van der Waals surface area contributed by atoms with Gasteiger partial charge in [0.05, 0.1) is 0 Å². The summed E-state index contributed by atoms with van der Waals surface area (Å²) < 4.78 is 0. The van der Waals surface area contributed by atoms with Crippen molar-refractivity contribution in [2.75, 3.05) is 39.1 Å². The van der Waals surface area contributed by atoms with Crippen LogP contribution in [0.5, 0.6) is 0 Å². The Balaban J connectivity index is 2.80. The van der Waals surface area contributed by atoms with E-state index in [4.69, 9.17) is 17.3 Å². The fraction of sp³-hybridized carbons (Fsp3) is 0.500. The Morgan fingerprint density at radius 2 is 1.88 bits per heavy atom. The second kappa shape index (κ2) is 6.09. The second-order valence-electron chi connectivity index (χ2n) is 4.20. The average Bonchev–Trinajstić information content (AvgIpc) is 2.25. The molecule has 1 rings (SSSR count). The summed E-state index contributed by atoms with van der Waals surface area (Å²) in [5.74, 6) is 0. The van der Waals surface area contributed by atoms with Gasteiger partial charge in [-0.05, 0) is 31.8 Å². The molecule has 0 atom stereocenters. The number of rotatable bonds is 5. The SMILES string of the molecule is CN(C)CCN(C)c1cc(Cl)ccc1CN. The van der Waals surface area contributed by atoms with Gasteiger partial charge in [-0.25, -0.2) is 0 Å². The molecular weight excluding hydrogens is 222 g/mol. The van der Waals surface area contributed by atoms with Crippen molar-refractivity contribution in [1.82, 2.24) is 4.90 Å². The molecule has 0 saturated carbocycles. The lowest BCUT2D eigenvalue weighted by Crippen LogP contribution is -2.29. The van der Waals surface area contributed by atoms with E-state index in [1.165, 1.54) is 0 Å². The van der Waals surface area contributed by atoms with Crippen molar-refractivity contribution in [3.63, 3.8) is 0 Å². The van der Waals surface area contributed by atoms with E-state index in [1.54, 1.807) is 0 Å². The molecule has 16 heavy (non-hydrogen) atoms. The first kappa shape index (κ1) is 13.3. The molecule has 0 fully saturated rings. The highest BCUT2D eigenvalue weighted by Crippen LogP contribution is 2.23. The Bertz CT molecular complexity index is 339. The summed E-state index contributed by atoms with van der Waals surface area (Å²) in [7, 11) is 6.19. The van der Waals surface area contributed by atoms with Gasteiger partial charge in [0.1, 0.15) is 0 Å². The summed E-state index contributed by atoms with van der Waals surface area (Å²) in [4.78, 5) is 4.34. The van der Waals surface area contributed by atoms with Crippen LogP contribution in [0.25, 0.3) is 0 Å². The first-order valence-corrected chi connectivity index (χ1v) is 5.76. The maximum atomic E-state index is 6.00. The van der Waals surface area contributed by atoms with E-state index in [0.717, 1.165) is 29.4 Å². The van der Waals surface area contributed by atoms with Crippen molar-refractivity contribution < 1.29 is 0 Å². The van der Waals surface area contributed by atoms with E-state index >= 15 is 0 Å². The van der Waals surface area contributed by atoms with Gasteiger partial charge in [0, 0.05) is 37.4 Å². The molecule has 3 nitrogen and oxygen atoms in total. The van der Waals surface area contributed by atoms with Crippen LogP contribution >= 0.6 is 11.6 Å². The Kier molecular flexibility index (Phi) is 5.06. The maximum Gasteiger partial charge on any atom is 0.0426 e. The summed E-state index contributed by atoms with van der Waals surface area (Å²) in [6, 6.07) is 5.84. The van der Waals surface area contributed by atoms with Crippen LogP contribution in [-0.2, 0) is 6.54 Å². The van der Waals surface area contributed by atoms with Crippen molar-refractivity contribution in [1.29, 1.82) is 0 Å². The smallest absolute Gasteiger partial charge is 0.0426 e. The van der Waals surface area contributed by atoms with Crippen LogP contribution < -0.4 is 10.6 Å². The van der Waals surface area contributed by atoms with Gasteiger partial charge < -0.3 is 15.5 Å². The molecular formula is C12H20ClN3. The second-order valence-corrected chi connectivity index (χ2v) is 4.64. The van der Waals surface area contributed by atoms with Crippen LogP contribution in [0, 0.1) is 0 Å². The van der Waals surface area contributed by atoms with E-state index in [-0.39, 0.29) is 0 Å². The number of nitrogens with two attached hydrogens (primary N) is 1. The van der Waals surface area contributed by atoms with Crippen LogP contribution in [0.15, 0.2) is 18.2 Å². The van der Waals surface area contributed by atoms with Gasteiger partial charge in [0.25, 0.3) is 0 Å². The van der Waals surface area contributed by atoms with E-state index in [0.29, 0.717) is 6.54 Å². The van der Waals surface area contributed by atoms with Gasteiger partial charge in [-0.1, -0.05) is 17.7 Å². The Morgan fingerprint density at radius 3 is 2.44 bits per heavy atom. The monoisotopic (exact) mass is 241 g/mol. The summed E-state index contributed by atoms with van der Waals surface area (Å²) >= 11 is 6.00. The first-order valence-electron chi connectivity index (χ1n) is 5.39. The largest absolute Gasteiger partial charge is 0.373 e. The predicted octanol–water partition coefficient (Wildman–Crippen LogP) is 1.80. The van der Waals surface area contributed by atoms with Gasteiger partial charge in [-0.3, -0.25) is 0 Å². The zero-order valence-electron chi connectivity index (χ0n) is 10.2. The average molecular weight is 242 g/mol. The zero-order valence-corrected chi connectivity index (χ0v) is 11.0. The lowest BCUT2D eigenvalue weighted by molar-refractivity contribution is 0.416. The van der Waals surface area contributed by atoms with Gasteiger partial charge in [-0.15, -0.1) is 0 Å². The minimum Gasteiger partial charge on any atom is -0.373 e. The quantitative estimate of drug-likeness (QED) is 0.853. The van der Waals surface area contributed by atoms with Gasteiger partial charge >= 0.3 is 0 Å². The van der Waals surface area contributed by atoms with E-state index in [1.807, 2.05) is 18.2 Å². The normalized spacial score (nSPS) is 10.9. The summed E-state index contributed by atoms with van der Waals surface area (Å²) in [5, 5.41) is 0.754. The molecule has 0 unspecified atom stereocenters. The molecule has 0 radical (unpaired) electrons. The Morgan fingerprint density at radius 1 is 1.19 bits per heavy atom. The maximum absolute atomic E-state index is 6.00. The highest BCUT2D eigenvalue weighted by atomic mass is 35.5. The van der Waals surface area contributed by atoms with E-state index < -0.39 is 0 Å². The molecule has 90 valence electrons. The minimum absolute atomic E-state index is 0.540. The molecule has 0 aliphatic rings. The highest BCUT2D eigenvalue weighted by Gasteiger charge is 2.07. The standard InChI is InChI=1S/C12H20ClN3/c1-15(2)6-7-16(3)12-8-11(13)5-4-10(12)9-14/h4-5,8H,6-7,9,14H2,1-3H3. The molecule has 2 N–H and O–H groups in total. The van der Waals surface area contributed by atoms with Gasteiger partial charge in [-0.2, -0.15) is 0 Å². The zero-order chi connectivity index (χ0) is 12.1. The third-order valence-electron chi connectivity index (χ3n) is 2.56. The molecule has 0 aromatic heterocycles. The summed E-state index contributed by atoms with van der Waals surface area (Å²) in [6.07, 6.45) is 0. The Labute approximate surface area is 103 Å². The number of likely N-dealkylation sites (N-methyl/N-ethyl adjacent to an activating group) is 2. The van der Waals surface area contributed by atoms with Crippen LogP contribution in [0.4, 0.5) is 5.69 Å². The van der Waals surface area contributed by atoms with Gasteiger partial charge in [0.2, 0.25) is 0 Å². The molecule has 1 aromatic carbocycles. The number of hydrogen-bond donors (Lipinski definition) is 1. The molecule has 0 bridgehead atoms. The predicted molar refractivity (Wildman–Crippen MR) is 71.2 cm³/mol. The van der Waals surface area contributed by atoms with Crippen LogP contribution in [0.3, 0.4) is 0 Å². The van der Waals surface area contributed by atoms with E-state index in [2.05, 4.69) is 30.9 Å². The molecule has 0 aliphatic heterocycles. The van der Waals surface area contributed by atoms with Crippen molar-refractivity contribution >= 4 is 17.3 Å². The number of hydrogen-bond acceptors (Lipinski definition) is 3. The Hall–Kier alpha value is -0.770. The van der Waals surface area contributed by atoms with Crippen LogP contribution in [0.2, 0.25) is 5.02 Å². The van der Waals surface area contributed by atoms with Crippen LogP contribution in [0.1, 0.15) is 5.56 Å². The van der Waals surface area contributed by atoms with Crippen LogP contribution in [-0.4, -0.2) is 39.1 Å². The number of halogens is 1. The molecule has 0 heterocycles. The lowest BCUT2D eigenvalue weighted by atomic mass is 10.1. The van der Waals surface area contributed by atoms with Crippen molar-refractivity contribution in [3.05, 3.63) is 28.8 Å². The molecule has 1 aromatic rings. The highest BCUT2D eigenvalue weighted by molar-refractivity contribution is 6.30. The number of nitrogens with zero attached hydrogens (tertiary/aromatic N) is 2. The van der Waals surface area contributed by atoms with Crippen molar-refractivity contribution in [3.8, 4) is 0 Å². The fourth-order valence-corrected chi connectivity index (χ4v) is 1.70. The molecule has 4 heteroatoms. The first-order chi connectivity index (χ1) is 7.54. The fourth-order valence-electron chi connectivity index (χ4n) is 1.54. The van der Waals surface area contributed by atoms with E-state index in [9.17, 15) is 0 Å². The molecule has 0 saturated heterocycles.